The van der Waals surface area contributed by atoms with E-state index in [-0.39, 0.29) is 0 Å². The lowest BCUT2D eigenvalue weighted by Crippen LogP contribution is -2.38. The highest BCUT2D eigenvalue weighted by Gasteiger charge is 2.24. The molecule has 4 nitrogen and oxygen atoms in total. The summed E-state index contributed by atoms with van der Waals surface area (Å²) in [5.41, 5.74) is 6.20. The van der Waals surface area contributed by atoms with Gasteiger partial charge in [0.25, 0.3) is 0 Å². The third kappa shape index (κ3) is 2.48. The van der Waals surface area contributed by atoms with Crippen LogP contribution < -0.4 is 10.0 Å². The van der Waals surface area contributed by atoms with Crippen LogP contribution in [0, 0.1) is 0 Å². The maximum atomic E-state index is 5.55. The Morgan fingerprint density at radius 3 is 2.55 bits per heavy atom. The van der Waals surface area contributed by atoms with Crippen molar-refractivity contribution in [1.29, 1.82) is 0 Å². The fourth-order valence-electron chi connectivity index (χ4n) is 3.17. The third-order valence-corrected chi connectivity index (χ3v) is 5.04. The fraction of sp³-hybridized carbons (Fsp3) is 0.412. The molecule has 2 N–H and O–H groups in total. The Hall–Kier alpha value is -1.59. The van der Waals surface area contributed by atoms with Gasteiger partial charge in [-0.25, -0.2) is 9.97 Å². The molecule has 1 aromatic heterocycles. The topological polar surface area (TPSA) is 55.0 Å². The van der Waals surface area contributed by atoms with Crippen LogP contribution in [0.2, 0.25) is 0 Å². The van der Waals surface area contributed by atoms with Crippen molar-refractivity contribution in [3.8, 4) is 11.3 Å². The summed E-state index contributed by atoms with van der Waals surface area (Å²) in [5.74, 6) is 1.77. The van der Waals surface area contributed by atoms with Gasteiger partial charge in [-0.15, -0.1) is 0 Å². The zero-order valence-electron chi connectivity index (χ0n) is 12.6. The monoisotopic (exact) mass is 312 g/mol. The maximum absolute atomic E-state index is 5.55. The van der Waals surface area contributed by atoms with Crippen molar-refractivity contribution < 1.29 is 0 Å². The molecule has 0 spiro atoms. The zero-order chi connectivity index (χ0) is 14.9. The normalized spacial score (nSPS) is 16.5. The average molecular weight is 312 g/mol. The first kappa shape index (κ1) is 14.0. The first-order valence-corrected chi connectivity index (χ1v) is 8.96. The molecule has 2 aliphatic rings. The first-order chi connectivity index (χ1) is 10.8. The van der Waals surface area contributed by atoms with Gasteiger partial charge in [-0.1, -0.05) is 36.2 Å². The number of nitrogens with zero attached hydrogens (tertiary/aromatic N) is 3. The molecule has 0 atom stereocenters. The molecule has 2 aromatic rings. The van der Waals surface area contributed by atoms with Crippen LogP contribution in [0.15, 0.2) is 24.3 Å². The van der Waals surface area contributed by atoms with Crippen LogP contribution in [0.1, 0.15) is 29.7 Å². The molecule has 1 aliphatic heterocycles. The highest BCUT2D eigenvalue weighted by molar-refractivity contribution is 7.96. The molecule has 1 saturated heterocycles. The molecular weight excluding hydrogens is 292 g/mol. The zero-order valence-corrected chi connectivity index (χ0v) is 13.4. The molecule has 0 saturated carbocycles. The number of nitrogens with two attached hydrogens (primary N) is 1. The van der Waals surface area contributed by atoms with Gasteiger partial charge in [-0.05, 0) is 31.2 Å². The van der Waals surface area contributed by atoms with E-state index in [2.05, 4.69) is 29.2 Å². The summed E-state index contributed by atoms with van der Waals surface area (Å²) in [6.07, 6.45) is 4.64. The predicted molar refractivity (Wildman–Crippen MR) is 91.8 cm³/mol. The number of hydrogen-bond donors (Lipinski definition) is 1. The van der Waals surface area contributed by atoms with Crippen LogP contribution in [-0.2, 0) is 18.6 Å². The lowest BCUT2D eigenvalue weighted by molar-refractivity contribution is 0.599. The van der Waals surface area contributed by atoms with E-state index in [0.717, 1.165) is 43.3 Å². The molecule has 0 unspecified atom stereocenters. The van der Waals surface area contributed by atoms with Crippen molar-refractivity contribution >= 4 is 17.9 Å². The maximum Gasteiger partial charge on any atom is 0.226 e. The van der Waals surface area contributed by atoms with Gasteiger partial charge in [0, 0.05) is 35.7 Å². The molecule has 1 fully saturated rings. The fourth-order valence-corrected chi connectivity index (χ4v) is 3.56. The van der Waals surface area contributed by atoms with Gasteiger partial charge in [0.1, 0.15) is 0 Å². The summed E-state index contributed by atoms with van der Waals surface area (Å²) in [6, 6.07) is 8.66. The van der Waals surface area contributed by atoms with Gasteiger partial charge < -0.3 is 4.90 Å². The van der Waals surface area contributed by atoms with Crippen molar-refractivity contribution in [3.05, 3.63) is 41.1 Å². The number of fused-ring (bicyclic) bond motifs is 1. The second-order valence-electron chi connectivity index (χ2n) is 6.00. The standard InChI is InChI=1S/C17H20N4S/c18-22-11-12-5-7-13(8-6-12)16-14-3-1-4-15(14)19-17(20-16)21-9-2-10-21/h5-8H,1-4,9-11,18H2. The van der Waals surface area contributed by atoms with E-state index in [1.54, 1.807) is 0 Å². The molecule has 1 aromatic carbocycles. The van der Waals surface area contributed by atoms with E-state index in [1.165, 1.54) is 47.2 Å². The van der Waals surface area contributed by atoms with Crippen molar-refractivity contribution in [2.75, 3.05) is 18.0 Å². The van der Waals surface area contributed by atoms with Gasteiger partial charge in [0.15, 0.2) is 0 Å². The molecule has 1 aliphatic carbocycles. The summed E-state index contributed by atoms with van der Waals surface area (Å²) >= 11 is 1.36. The van der Waals surface area contributed by atoms with Crippen LogP contribution in [0.5, 0.6) is 0 Å². The number of rotatable bonds is 4. The van der Waals surface area contributed by atoms with Gasteiger partial charge in [0.2, 0.25) is 5.95 Å². The minimum Gasteiger partial charge on any atom is -0.341 e. The number of hydrogen-bond acceptors (Lipinski definition) is 5. The van der Waals surface area contributed by atoms with Crippen molar-refractivity contribution in [1.82, 2.24) is 9.97 Å². The third-order valence-electron chi connectivity index (χ3n) is 4.54. The molecular formula is C17H20N4S. The van der Waals surface area contributed by atoms with E-state index in [9.17, 15) is 0 Å². The van der Waals surface area contributed by atoms with Crippen LogP contribution >= 0.6 is 11.9 Å². The van der Waals surface area contributed by atoms with E-state index in [0.29, 0.717) is 0 Å². The Bertz CT molecular complexity index is 680. The summed E-state index contributed by atoms with van der Waals surface area (Å²) < 4.78 is 0. The van der Waals surface area contributed by atoms with Crippen LogP contribution in [0.4, 0.5) is 5.95 Å². The van der Waals surface area contributed by atoms with E-state index in [1.807, 2.05) is 0 Å². The lowest BCUT2D eigenvalue weighted by atomic mass is 10.0. The Labute approximate surface area is 135 Å². The number of aryl methyl sites for hydroxylation is 1. The molecule has 0 radical (unpaired) electrons. The molecule has 5 heteroatoms. The van der Waals surface area contributed by atoms with E-state index >= 15 is 0 Å². The Morgan fingerprint density at radius 1 is 1.05 bits per heavy atom. The van der Waals surface area contributed by atoms with Gasteiger partial charge >= 0.3 is 0 Å². The molecule has 2 heterocycles. The molecule has 0 amide bonds. The summed E-state index contributed by atoms with van der Waals surface area (Å²) in [5, 5.41) is 5.55. The summed E-state index contributed by atoms with van der Waals surface area (Å²) in [4.78, 5) is 12.0. The van der Waals surface area contributed by atoms with Gasteiger partial charge in [-0.3, -0.25) is 5.14 Å². The minimum absolute atomic E-state index is 0.848. The Balaban J connectivity index is 1.74. The number of anilines is 1. The Morgan fingerprint density at radius 2 is 1.86 bits per heavy atom. The van der Waals surface area contributed by atoms with Gasteiger partial charge in [-0.2, -0.15) is 0 Å². The molecule has 114 valence electrons. The van der Waals surface area contributed by atoms with Crippen molar-refractivity contribution in [2.45, 2.75) is 31.4 Å². The van der Waals surface area contributed by atoms with Crippen LogP contribution in [-0.4, -0.2) is 23.1 Å². The second-order valence-corrected chi connectivity index (χ2v) is 6.62. The average Bonchev–Trinajstić information content (AvgIpc) is 2.94. The predicted octanol–water partition coefficient (Wildman–Crippen LogP) is 2.95. The SMILES string of the molecule is NSCc1ccc(-c2nc(N3CCC3)nc3c2CCC3)cc1. The second kappa shape index (κ2) is 5.89. The Kier molecular flexibility index (Phi) is 3.76. The summed E-state index contributed by atoms with van der Waals surface area (Å²) in [6.45, 7) is 2.18. The molecule has 4 rings (SSSR count). The minimum atomic E-state index is 0.848. The lowest BCUT2D eigenvalue weighted by Gasteiger charge is -2.31. The van der Waals surface area contributed by atoms with E-state index in [4.69, 9.17) is 15.1 Å². The van der Waals surface area contributed by atoms with Crippen LogP contribution in [0.25, 0.3) is 11.3 Å². The molecule has 22 heavy (non-hydrogen) atoms. The first-order valence-electron chi connectivity index (χ1n) is 7.91. The largest absolute Gasteiger partial charge is 0.341 e. The van der Waals surface area contributed by atoms with Crippen molar-refractivity contribution in [3.63, 3.8) is 0 Å². The summed E-state index contributed by atoms with van der Waals surface area (Å²) in [7, 11) is 0. The van der Waals surface area contributed by atoms with Gasteiger partial charge in [0.05, 0.1) is 5.69 Å². The molecule has 0 bridgehead atoms. The quantitative estimate of drug-likeness (QED) is 0.880. The number of aromatic nitrogens is 2. The van der Waals surface area contributed by atoms with E-state index < -0.39 is 0 Å². The van der Waals surface area contributed by atoms with Crippen molar-refractivity contribution in [2.24, 2.45) is 5.14 Å². The highest BCUT2D eigenvalue weighted by atomic mass is 32.2. The highest BCUT2D eigenvalue weighted by Crippen LogP contribution is 2.33. The van der Waals surface area contributed by atoms with Crippen LogP contribution in [0.3, 0.4) is 0 Å². The smallest absolute Gasteiger partial charge is 0.226 e. The number of benzene rings is 1.